The summed E-state index contributed by atoms with van der Waals surface area (Å²) in [6.07, 6.45) is -0.975. The first kappa shape index (κ1) is 14.7. The van der Waals surface area contributed by atoms with Crippen molar-refractivity contribution in [2.75, 3.05) is 5.32 Å². The van der Waals surface area contributed by atoms with Crippen molar-refractivity contribution in [3.63, 3.8) is 0 Å². The van der Waals surface area contributed by atoms with Crippen LogP contribution in [0.4, 0.5) is 20.6 Å². The summed E-state index contributed by atoms with van der Waals surface area (Å²) in [5, 5.41) is 12.9. The monoisotopic (exact) mass is 310 g/mol. The molecule has 0 radical (unpaired) electrons. The van der Waals surface area contributed by atoms with Gasteiger partial charge in [0.2, 0.25) is 0 Å². The molecule has 0 aliphatic carbocycles. The highest BCUT2D eigenvalue weighted by molar-refractivity contribution is 6.32. The van der Waals surface area contributed by atoms with E-state index in [4.69, 9.17) is 16.3 Å². The SMILES string of the molecule is O=C(Nc1ccc(Cl)c([N+](=O)[O-])c1)Oc1ccccc1F. The Bertz CT molecular complexity index is 708. The molecule has 0 atom stereocenters. The largest absolute Gasteiger partial charge is 0.417 e. The van der Waals surface area contributed by atoms with E-state index in [-0.39, 0.29) is 22.1 Å². The number of ether oxygens (including phenoxy) is 1. The molecule has 0 fully saturated rings. The van der Waals surface area contributed by atoms with Crippen LogP contribution in [0.25, 0.3) is 0 Å². The van der Waals surface area contributed by atoms with Gasteiger partial charge in [-0.05, 0) is 24.3 Å². The van der Waals surface area contributed by atoms with E-state index < -0.39 is 16.8 Å². The number of anilines is 1. The Morgan fingerprint density at radius 2 is 2.00 bits per heavy atom. The van der Waals surface area contributed by atoms with Gasteiger partial charge in [0.15, 0.2) is 11.6 Å². The number of amides is 1. The van der Waals surface area contributed by atoms with Crippen LogP contribution in [0.3, 0.4) is 0 Å². The molecule has 0 saturated heterocycles. The molecule has 1 N–H and O–H groups in total. The second-order valence-electron chi connectivity index (χ2n) is 3.87. The number of para-hydroxylation sites is 1. The number of nitro benzene ring substituents is 1. The zero-order chi connectivity index (χ0) is 15.4. The molecule has 0 heterocycles. The van der Waals surface area contributed by atoms with Gasteiger partial charge in [0.05, 0.1) is 10.6 Å². The van der Waals surface area contributed by atoms with Crippen LogP contribution in [0.2, 0.25) is 5.02 Å². The van der Waals surface area contributed by atoms with Gasteiger partial charge >= 0.3 is 6.09 Å². The molecule has 0 unspecified atom stereocenters. The predicted molar refractivity (Wildman–Crippen MR) is 74.2 cm³/mol. The molecular weight excluding hydrogens is 303 g/mol. The average Bonchev–Trinajstić information content (AvgIpc) is 2.43. The first-order chi connectivity index (χ1) is 9.97. The fraction of sp³-hybridized carbons (Fsp3) is 0. The molecule has 0 aromatic heterocycles. The standard InChI is InChI=1S/C13H8ClFN2O4/c14-9-6-5-8(7-11(9)17(19)20)16-13(18)21-12-4-2-1-3-10(12)15/h1-7H,(H,16,18). The first-order valence-electron chi connectivity index (χ1n) is 5.64. The molecule has 0 aliphatic rings. The molecule has 2 aromatic carbocycles. The number of benzene rings is 2. The Hall–Kier alpha value is -2.67. The fourth-order valence-corrected chi connectivity index (χ4v) is 1.69. The van der Waals surface area contributed by atoms with Gasteiger partial charge in [0.25, 0.3) is 5.69 Å². The topological polar surface area (TPSA) is 81.5 Å². The van der Waals surface area contributed by atoms with Crippen LogP contribution in [0.1, 0.15) is 0 Å². The fourth-order valence-electron chi connectivity index (χ4n) is 1.50. The van der Waals surface area contributed by atoms with Crippen molar-refractivity contribution in [2.24, 2.45) is 0 Å². The predicted octanol–water partition coefficient (Wildman–Crippen LogP) is 4.00. The van der Waals surface area contributed by atoms with Crippen LogP contribution in [-0.2, 0) is 0 Å². The number of hydrogen-bond donors (Lipinski definition) is 1. The number of nitrogens with one attached hydrogen (secondary N) is 1. The summed E-state index contributed by atoms with van der Waals surface area (Å²) in [6, 6.07) is 9.05. The van der Waals surface area contributed by atoms with Gasteiger partial charge in [0.1, 0.15) is 5.02 Å². The van der Waals surface area contributed by atoms with Crippen molar-refractivity contribution in [2.45, 2.75) is 0 Å². The summed E-state index contributed by atoms with van der Waals surface area (Å²) in [4.78, 5) is 21.6. The summed E-state index contributed by atoms with van der Waals surface area (Å²) >= 11 is 5.64. The highest BCUT2D eigenvalue weighted by Gasteiger charge is 2.15. The average molecular weight is 311 g/mol. The third-order valence-corrected chi connectivity index (χ3v) is 2.75. The number of nitro groups is 1. The molecule has 0 bridgehead atoms. The van der Waals surface area contributed by atoms with Crippen LogP contribution in [0, 0.1) is 15.9 Å². The molecule has 0 spiro atoms. The molecule has 0 aliphatic heterocycles. The highest BCUT2D eigenvalue weighted by atomic mass is 35.5. The molecule has 0 saturated carbocycles. The Balaban J connectivity index is 2.12. The van der Waals surface area contributed by atoms with Gasteiger partial charge < -0.3 is 4.74 Å². The smallest absolute Gasteiger partial charge is 0.407 e. The van der Waals surface area contributed by atoms with E-state index in [0.717, 1.165) is 12.1 Å². The van der Waals surface area contributed by atoms with Crippen LogP contribution in [0.15, 0.2) is 42.5 Å². The molecular formula is C13H8ClFN2O4. The van der Waals surface area contributed by atoms with Crippen molar-refractivity contribution >= 4 is 29.1 Å². The maximum absolute atomic E-state index is 13.3. The number of carbonyl (C=O) groups is 1. The maximum atomic E-state index is 13.3. The lowest BCUT2D eigenvalue weighted by Crippen LogP contribution is -2.17. The van der Waals surface area contributed by atoms with Gasteiger partial charge in [-0.2, -0.15) is 0 Å². The third-order valence-electron chi connectivity index (χ3n) is 2.43. The van der Waals surface area contributed by atoms with E-state index in [2.05, 4.69) is 5.32 Å². The summed E-state index contributed by atoms with van der Waals surface area (Å²) in [5.41, 5.74) is -0.257. The van der Waals surface area contributed by atoms with Crippen molar-refractivity contribution in [1.82, 2.24) is 0 Å². The Kier molecular flexibility index (Phi) is 4.34. The molecule has 21 heavy (non-hydrogen) atoms. The minimum atomic E-state index is -0.975. The van der Waals surface area contributed by atoms with Crippen molar-refractivity contribution in [1.29, 1.82) is 0 Å². The van der Waals surface area contributed by atoms with Crippen LogP contribution >= 0.6 is 11.6 Å². The molecule has 1 amide bonds. The molecule has 8 heteroatoms. The molecule has 2 rings (SSSR count). The lowest BCUT2D eigenvalue weighted by atomic mass is 10.3. The summed E-state index contributed by atoms with van der Waals surface area (Å²) in [6.45, 7) is 0. The van der Waals surface area contributed by atoms with Crippen molar-refractivity contribution < 1.29 is 18.8 Å². The highest BCUT2D eigenvalue weighted by Crippen LogP contribution is 2.27. The lowest BCUT2D eigenvalue weighted by Gasteiger charge is -2.07. The number of halogens is 2. The summed E-state index contributed by atoms with van der Waals surface area (Å²) < 4.78 is 18.1. The van der Waals surface area contributed by atoms with Gasteiger partial charge in [-0.25, -0.2) is 9.18 Å². The van der Waals surface area contributed by atoms with E-state index in [9.17, 15) is 19.3 Å². The minimum absolute atomic E-state index is 0.0620. The van der Waals surface area contributed by atoms with Crippen LogP contribution < -0.4 is 10.1 Å². The van der Waals surface area contributed by atoms with E-state index in [1.54, 1.807) is 0 Å². The summed E-state index contributed by atoms with van der Waals surface area (Å²) in [5.74, 6) is -0.951. The second-order valence-corrected chi connectivity index (χ2v) is 4.28. The normalized spacial score (nSPS) is 10.0. The number of hydrogen-bond acceptors (Lipinski definition) is 4. The first-order valence-corrected chi connectivity index (χ1v) is 6.02. The maximum Gasteiger partial charge on any atom is 0.417 e. The zero-order valence-electron chi connectivity index (χ0n) is 10.4. The van der Waals surface area contributed by atoms with Crippen molar-refractivity contribution in [3.05, 3.63) is 63.4 Å². The molecule has 6 nitrogen and oxygen atoms in total. The van der Waals surface area contributed by atoms with E-state index in [0.29, 0.717) is 0 Å². The van der Waals surface area contributed by atoms with Crippen LogP contribution in [-0.4, -0.2) is 11.0 Å². The van der Waals surface area contributed by atoms with Gasteiger partial charge in [-0.1, -0.05) is 23.7 Å². The minimum Gasteiger partial charge on any atom is -0.407 e. The molecule has 108 valence electrons. The zero-order valence-corrected chi connectivity index (χ0v) is 11.1. The number of nitrogens with zero attached hydrogens (tertiary/aromatic N) is 1. The van der Waals surface area contributed by atoms with Crippen molar-refractivity contribution in [3.8, 4) is 5.75 Å². The second kappa shape index (κ2) is 6.19. The van der Waals surface area contributed by atoms with Crippen LogP contribution in [0.5, 0.6) is 5.75 Å². The van der Waals surface area contributed by atoms with Gasteiger partial charge in [-0.15, -0.1) is 0 Å². The Labute approximate surface area is 123 Å². The number of rotatable bonds is 3. The van der Waals surface area contributed by atoms with E-state index in [1.807, 2.05) is 0 Å². The third kappa shape index (κ3) is 3.67. The van der Waals surface area contributed by atoms with E-state index in [1.165, 1.54) is 30.3 Å². The van der Waals surface area contributed by atoms with Gasteiger partial charge in [0, 0.05) is 6.07 Å². The molecule has 2 aromatic rings. The quantitative estimate of drug-likeness (QED) is 0.686. The summed E-state index contributed by atoms with van der Waals surface area (Å²) in [7, 11) is 0. The number of carbonyl (C=O) groups excluding carboxylic acids is 1. The van der Waals surface area contributed by atoms with Gasteiger partial charge in [-0.3, -0.25) is 15.4 Å². The Morgan fingerprint density at radius 3 is 2.67 bits per heavy atom. The van der Waals surface area contributed by atoms with E-state index >= 15 is 0 Å². The lowest BCUT2D eigenvalue weighted by molar-refractivity contribution is -0.384. The Morgan fingerprint density at radius 1 is 1.29 bits per heavy atom.